The molecule has 0 saturated heterocycles. The Morgan fingerprint density at radius 1 is 1.47 bits per heavy atom. The summed E-state index contributed by atoms with van der Waals surface area (Å²) in [5, 5.41) is 10.2. The lowest BCUT2D eigenvalue weighted by molar-refractivity contribution is -0.0944. The number of benzene rings is 1. The molecule has 1 aromatic carbocycles. The van der Waals surface area contributed by atoms with Crippen molar-refractivity contribution in [1.82, 2.24) is 0 Å². The summed E-state index contributed by atoms with van der Waals surface area (Å²) in [6.45, 7) is 5.97. The molecule has 1 aromatic rings. The van der Waals surface area contributed by atoms with Crippen molar-refractivity contribution < 1.29 is 9.84 Å². The molecule has 1 rings (SSSR count). The Bertz CT molecular complexity index is 316. The van der Waals surface area contributed by atoms with Crippen molar-refractivity contribution in [3.63, 3.8) is 0 Å². The van der Waals surface area contributed by atoms with Crippen molar-refractivity contribution in [2.45, 2.75) is 38.9 Å². The van der Waals surface area contributed by atoms with Crippen LogP contribution in [0.1, 0.15) is 37.5 Å². The minimum Gasteiger partial charge on any atom is -0.385 e. The van der Waals surface area contributed by atoms with Gasteiger partial charge in [-0.1, -0.05) is 36.8 Å². The van der Waals surface area contributed by atoms with Gasteiger partial charge in [0, 0.05) is 7.11 Å². The largest absolute Gasteiger partial charge is 0.385 e. The van der Waals surface area contributed by atoms with Crippen molar-refractivity contribution in [3.05, 3.63) is 35.4 Å². The summed E-state index contributed by atoms with van der Waals surface area (Å²) in [5.74, 6) is 0. The molecule has 84 valence electrons. The van der Waals surface area contributed by atoms with Gasteiger partial charge in [-0.2, -0.15) is 0 Å². The molecule has 0 aromatic heterocycles. The number of rotatable bonds is 4. The molecule has 2 nitrogen and oxygen atoms in total. The summed E-state index contributed by atoms with van der Waals surface area (Å²) in [4.78, 5) is 0. The smallest absolute Gasteiger partial charge is 0.108 e. The highest BCUT2D eigenvalue weighted by Gasteiger charge is 2.32. The highest BCUT2D eigenvalue weighted by atomic mass is 16.5. The highest BCUT2D eigenvalue weighted by molar-refractivity contribution is 5.25. The van der Waals surface area contributed by atoms with Gasteiger partial charge >= 0.3 is 0 Å². The van der Waals surface area contributed by atoms with E-state index in [1.165, 1.54) is 0 Å². The van der Waals surface area contributed by atoms with Crippen LogP contribution in [0.2, 0.25) is 0 Å². The molecule has 0 fully saturated rings. The molecule has 0 aliphatic heterocycles. The molecular weight excluding hydrogens is 188 g/mol. The molecule has 2 heteroatoms. The number of ether oxygens (including phenoxy) is 1. The second-order valence-electron chi connectivity index (χ2n) is 4.19. The monoisotopic (exact) mass is 208 g/mol. The lowest BCUT2D eigenvalue weighted by Gasteiger charge is -2.32. The van der Waals surface area contributed by atoms with Gasteiger partial charge in [-0.25, -0.2) is 0 Å². The molecule has 0 radical (unpaired) electrons. The normalized spacial score (nSPS) is 17.1. The molecular formula is C13H20O2. The van der Waals surface area contributed by atoms with Gasteiger partial charge in [0.2, 0.25) is 0 Å². The fourth-order valence-electron chi connectivity index (χ4n) is 1.64. The number of hydrogen-bond acceptors (Lipinski definition) is 2. The van der Waals surface area contributed by atoms with E-state index in [2.05, 4.69) is 0 Å². The van der Waals surface area contributed by atoms with Crippen LogP contribution < -0.4 is 0 Å². The maximum Gasteiger partial charge on any atom is 0.108 e. The molecule has 0 aliphatic carbocycles. The first-order valence-corrected chi connectivity index (χ1v) is 5.33. The molecule has 0 spiro atoms. The SMILES string of the molecule is CCC(C)(OC)C(O)c1cccc(C)c1. The first-order chi connectivity index (χ1) is 7.03. The van der Waals surface area contributed by atoms with Gasteiger partial charge in [0.25, 0.3) is 0 Å². The molecule has 1 N–H and O–H groups in total. The van der Waals surface area contributed by atoms with Crippen molar-refractivity contribution in [2.75, 3.05) is 7.11 Å². The Labute approximate surface area is 91.9 Å². The van der Waals surface area contributed by atoms with Crippen LogP contribution in [0.25, 0.3) is 0 Å². The number of aliphatic hydroxyl groups is 1. The topological polar surface area (TPSA) is 29.5 Å². The lowest BCUT2D eigenvalue weighted by atomic mass is 9.90. The van der Waals surface area contributed by atoms with E-state index in [0.717, 1.165) is 17.5 Å². The molecule has 0 heterocycles. The van der Waals surface area contributed by atoms with Crippen LogP contribution in [0.15, 0.2) is 24.3 Å². The van der Waals surface area contributed by atoms with E-state index < -0.39 is 11.7 Å². The second-order valence-corrected chi connectivity index (χ2v) is 4.19. The fourth-order valence-corrected chi connectivity index (χ4v) is 1.64. The molecule has 2 atom stereocenters. The summed E-state index contributed by atoms with van der Waals surface area (Å²) in [6, 6.07) is 7.91. The van der Waals surface area contributed by atoms with E-state index in [1.54, 1.807) is 7.11 Å². The van der Waals surface area contributed by atoms with Crippen molar-refractivity contribution in [1.29, 1.82) is 0 Å². The van der Waals surface area contributed by atoms with Gasteiger partial charge in [0.05, 0.1) is 5.60 Å². The molecule has 0 saturated carbocycles. The van der Waals surface area contributed by atoms with E-state index in [0.29, 0.717) is 0 Å². The van der Waals surface area contributed by atoms with Crippen LogP contribution in [0.5, 0.6) is 0 Å². The number of aryl methyl sites for hydroxylation is 1. The van der Waals surface area contributed by atoms with Gasteiger partial charge < -0.3 is 9.84 Å². The Kier molecular flexibility index (Phi) is 3.89. The maximum atomic E-state index is 10.2. The van der Waals surface area contributed by atoms with E-state index in [4.69, 9.17) is 4.74 Å². The highest BCUT2D eigenvalue weighted by Crippen LogP contribution is 2.31. The van der Waals surface area contributed by atoms with Gasteiger partial charge in [-0.15, -0.1) is 0 Å². The Morgan fingerprint density at radius 3 is 2.60 bits per heavy atom. The quantitative estimate of drug-likeness (QED) is 0.824. The van der Waals surface area contributed by atoms with Gasteiger partial charge in [0.1, 0.15) is 6.10 Å². The van der Waals surface area contributed by atoms with Crippen molar-refractivity contribution in [2.24, 2.45) is 0 Å². The first-order valence-electron chi connectivity index (χ1n) is 5.33. The molecule has 0 aliphatic rings. The van der Waals surface area contributed by atoms with Crippen LogP contribution >= 0.6 is 0 Å². The molecule has 2 unspecified atom stereocenters. The average molecular weight is 208 g/mol. The Balaban J connectivity index is 2.97. The summed E-state index contributed by atoms with van der Waals surface area (Å²) in [6.07, 6.45) is 0.200. The first kappa shape index (κ1) is 12.2. The van der Waals surface area contributed by atoms with Crippen molar-refractivity contribution in [3.8, 4) is 0 Å². The van der Waals surface area contributed by atoms with E-state index in [1.807, 2.05) is 45.0 Å². The minimum atomic E-state index is -0.576. The zero-order chi connectivity index (χ0) is 11.5. The van der Waals surface area contributed by atoms with Gasteiger partial charge in [0.15, 0.2) is 0 Å². The van der Waals surface area contributed by atoms with E-state index in [-0.39, 0.29) is 0 Å². The molecule has 0 amide bonds. The molecule has 0 bridgehead atoms. The van der Waals surface area contributed by atoms with Crippen molar-refractivity contribution >= 4 is 0 Å². The Morgan fingerprint density at radius 2 is 2.13 bits per heavy atom. The summed E-state index contributed by atoms with van der Waals surface area (Å²) in [5.41, 5.74) is 1.57. The van der Waals surface area contributed by atoms with Crippen LogP contribution in [0, 0.1) is 6.92 Å². The van der Waals surface area contributed by atoms with Gasteiger partial charge in [-0.05, 0) is 25.8 Å². The van der Waals surface area contributed by atoms with Crippen LogP contribution in [-0.4, -0.2) is 17.8 Å². The minimum absolute atomic E-state index is 0.506. The number of methoxy groups -OCH3 is 1. The third kappa shape index (κ3) is 2.58. The Hall–Kier alpha value is -0.860. The van der Waals surface area contributed by atoms with Crippen LogP contribution in [0.3, 0.4) is 0 Å². The van der Waals surface area contributed by atoms with E-state index in [9.17, 15) is 5.11 Å². The zero-order valence-electron chi connectivity index (χ0n) is 9.95. The third-order valence-corrected chi connectivity index (χ3v) is 3.10. The maximum absolute atomic E-state index is 10.2. The standard InChI is InChI=1S/C13H20O2/c1-5-13(3,15-4)12(14)11-8-6-7-10(2)9-11/h6-9,12,14H,5H2,1-4H3. The molecule has 15 heavy (non-hydrogen) atoms. The zero-order valence-corrected chi connectivity index (χ0v) is 9.95. The number of aliphatic hydroxyl groups excluding tert-OH is 1. The van der Waals surface area contributed by atoms with Crippen LogP contribution in [0.4, 0.5) is 0 Å². The predicted octanol–water partition coefficient (Wildman–Crippen LogP) is 2.84. The third-order valence-electron chi connectivity index (χ3n) is 3.10. The fraction of sp³-hybridized carbons (Fsp3) is 0.538. The summed E-state index contributed by atoms with van der Waals surface area (Å²) in [7, 11) is 1.64. The number of hydrogen-bond donors (Lipinski definition) is 1. The summed E-state index contributed by atoms with van der Waals surface area (Å²) >= 11 is 0. The lowest BCUT2D eigenvalue weighted by Crippen LogP contribution is -2.34. The van der Waals surface area contributed by atoms with Crippen LogP contribution in [-0.2, 0) is 4.74 Å². The second kappa shape index (κ2) is 4.77. The summed E-state index contributed by atoms with van der Waals surface area (Å²) < 4.78 is 5.39. The average Bonchev–Trinajstić information content (AvgIpc) is 2.27. The van der Waals surface area contributed by atoms with Gasteiger partial charge in [-0.3, -0.25) is 0 Å². The van der Waals surface area contributed by atoms with E-state index >= 15 is 0 Å². The predicted molar refractivity (Wildman–Crippen MR) is 61.8 cm³/mol.